The summed E-state index contributed by atoms with van der Waals surface area (Å²) in [7, 11) is 0. The van der Waals surface area contributed by atoms with E-state index in [1.54, 1.807) is 17.4 Å². The molecule has 0 bridgehead atoms. The smallest absolute Gasteiger partial charge is 0.232 e. The van der Waals surface area contributed by atoms with Crippen molar-refractivity contribution in [1.29, 1.82) is 5.26 Å². The average molecular weight is 361 g/mol. The zero-order chi connectivity index (χ0) is 17.9. The molecule has 3 N–H and O–H groups in total. The van der Waals surface area contributed by atoms with Crippen LogP contribution in [0, 0.1) is 11.3 Å². The van der Waals surface area contributed by atoms with E-state index in [0.29, 0.717) is 11.5 Å². The molecule has 3 aromatic rings. The number of anilines is 3. The van der Waals surface area contributed by atoms with Gasteiger partial charge in [-0.15, -0.1) is 11.3 Å². The van der Waals surface area contributed by atoms with Gasteiger partial charge in [-0.2, -0.15) is 20.2 Å². The number of nitrogen functional groups attached to an aromatic ring is 1. The molecular formula is C18H15N7S. The van der Waals surface area contributed by atoms with Gasteiger partial charge in [-0.3, -0.25) is 0 Å². The van der Waals surface area contributed by atoms with Crippen molar-refractivity contribution in [3.8, 4) is 6.07 Å². The predicted molar refractivity (Wildman–Crippen MR) is 102 cm³/mol. The van der Waals surface area contributed by atoms with Gasteiger partial charge in [0.25, 0.3) is 0 Å². The second kappa shape index (κ2) is 6.90. The Hall–Kier alpha value is -3.31. The standard InChI is InChI=1S/C18H15N7S/c19-9-12(8-14-10-26-16(21-14)11-6-7-11)15-23-17(20)25-18(24-15)22-13-4-2-1-3-5-13/h1-5,8,10-11H,6-7H2,(H3,20,22,23,24,25)/b12-8-. The number of nitrogens with zero attached hydrogens (tertiary/aromatic N) is 5. The summed E-state index contributed by atoms with van der Waals surface area (Å²) < 4.78 is 0. The minimum absolute atomic E-state index is 0.0477. The highest BCUT2D eigenvalue weighted by atomic mass is 32.1. The Kier molecular flexibility index (Phi) is 4.29. The van der Waals surface area contributed by atoms with Gasteiger partial charge in [0, 0.05) is 17.0 Å². The van der Waals surface area contributed by atoms with Crippen molar-refractivity contribution in [3.05, 3.63) is 52.2 Å². The van der Waals surface area contributed by atoms with E-state index in [4.69, 9.17) is 5.73 Å². The first-order valence-electron chi connectivity index (χ1n) is 8.12. The van der Waals surface area contributed by atoms with Crippen molar-refractivity contribution < 1.29 is 0 Å². The molecule has 0 atom stereocenters. The maximum atomic E-state index is 9.54. The number of benzene rings is 1. The highest BCUT2D eigenvalue weighted by Gasteiger charge is 2.26. The van der Waals surface area contributed by atoms with Crippen molar-refractivity contribution in [1.82, 2.24) is 19.9 Å². The first-order valence-corrected chi connectivity index (χ1v) is 9.00. The second-order valence-corrected chi connectivity index (χ2v) is 6.78. The third-order valence-corrected chi connectivity index (χ3v) is 4.83. The summed E-state index contributed by atoms with van der Waals surface area (Å²) >= 11 is 1.62. The van der Waals surface area contributed by atoms with Crippen molar-refractivity contribution >= 4 is 40.6 Å². The minimum Gasteiger partial charge on any atom is -0.368 e. The monoisotopic (exact) mass is 361 g/mol. The number of hydrogen-bond acceptors (Lipinski definition) is 8. The van der Waals surface area contributed by atoms with E-state index in [1.807, 2.05) is 35.7 Å². The Bertz CT molecular complexity index is 1000. The molecule has 2 heterocycles. The SMILES string of the molecule is N#C/C(=C/c1csc(C2CC2)n1)c1nc(N)nc(Nc2ccccc2)n1. The Balaban J connectivity index is 1.63. The number of hydrogen-bond donors (Lipinski definition) is 2. The van der Waals surface area contributed by atoms with Gasteiger partial charge in [0.15, 0.2) is 5.82 Å². The Morgan fingerprint density at radius 3 is 2.73 bits per heavy atom. The van der Waals surface area contributed by atoms with Crippen LogP contribution in [0.25, 0.3) is 11.6 Å². The highest BCUT2D eigenvalue weighted by molar-refractivity contribution is 7.09. The summed E-state index contributed by atoms with van der Waals surface area (Å²) in [5.74, 6) is 1.14. The molecule has 1 fully saturated rings. The third kappa shape index (κ3) is 3.68. The van der Waals surface area contributed by atoms with Crippen LogP contribution in [0.2, 0.25) is 0 Å². The van der Waals surface area contributed by atoms with Crippen LogP contribution in [0.3, 0.4) is 0 Å². The molecule has 4 rings (SSSR count). The molecule has 128 valence electrons. The molecule has 8 heteroatoms. The molecule has 0 radical (unpaired) electrons. The topological polar surface area (TPSA) is 113 Å². The molecule has 0 saturated heterocycles. The van der Waals surface area contributed by atoms with Crippen molar-refractivity contribution in [2.45, 2.75) is 18.8 Å². The molecule has 1 aromatic carbocycles. The van der Waals surface area contributed by atoms with Gasteiger partial charge in [0.2, 0.25) is 11.9 Å². The zero-order valence-electron chi connectivity index (χ0n) is 13.8. The minimum atomic E-state index is 0.0477. The van der Waals surface area contributed by atoms with Gasteiger partial charge < -0.3 is 11.1 Å². The van der Waals surface area contributed by atoms with E-state index in [1.165, 1.54) is 12.8 Å². The molecular weight excluding hydrogens is 346 g/mol. The molecule has 7 nitrogen and oxygen atoms in total. The predicted octanol–water partition coefficient (Wildman–Crippen LogP) is 3.60. The fourth-order valence-electron chi connectivity index (χ4n) is 2.40. The maximum Gasteiger partial charge on any atom is 0.232 e. The van der Waals surface area contributed by atoms with Gasteiger partial charge in [-0.1, -0.05) is 18.2 Å². The van der Waals surface area contributed by atoms with E-state index in [0.717, 1.165) is 16.4 Å². The fourth-order valence-corrected chi connectivity index (χ4v) is 3.35. The summed E-state index contributed by atoms with van der Waals surface area (Å²) in [5.41, 5.74) is 7.65. The van der Waals surface area contributed by atoms with Crippen molar-refractivity contribution in [2.24, 2.45) is 0 Å². The van der Waals surface area contributed by atoms with Gasteiger partial charge in [0.1, 0.15) is 6.07 Å². The third-order valence-electron chi connectivity index (χ3n) is 3.80. The van der Waals surface area contributed by atoms with Crippen molar-refractivity contribution in [3.63, 3.8) is 0 Å². The van der Waals surface area contributed by atoms with Crippen LogP contribution in [-0.2, 0) is 0 Å². The van der Waals surface area contributed by atoms with Crippen LogP contribution >= 0.6 is 11.3 Å². The van der Waals surface area contributed by atoms with Crippen LogP contribution in [0.5, 0.6) is 0 Å². The summed E-state index contributed by atoms with van der Waals surface area (Å²) in [6, 6.07) is 11.6. The van der Waals surface area contributed by atoms with E-state index >= 15 is 0 Å². The number of allylic oxidation sites excluding steroid dienone is 1. The number of para-hydroxylation sites is 1. The van der Waals surface area contributed by atoms with Gasteiger partial charge >= 0.3 is 0 Å². The number of nitriles is 1. The van der Waals surface area contributed by atoms with E-state index < -0.39 is 0 Å². The zero-order valence-corrected chi connectivity index (χ0v) is 14.6. The summed E-state index contributed by atoms with van der Waals surface area (Å²) in [5, 5.41) is 15.7. The molecule has 2 aromatic heterocycles. The van der Waals surface area contributed by atoms with Crippen molar-refractivity contribution in [2.75, 3.05) is 11.1 Å². The number of rotatable bonds is 5. The summed E-state index contributed by atoms with van der Waals surface area (Å²) in [6.07, 6.45) is 4.07. The van der Waals surface area contributed by atoms with Gasteiger partial charge in [-0.25, -0.2) is 4.98 Å². The molecule has 0 aliphatic heterocycles. The van der Waals surface area contributed by atoms with Crippen LogP contribution in [-0.4, -0.2) is 19.9 Å². The lowest BCUT2D eigenvalue weighted by molar-refractivity contribution is 1.04. The molecule has 0 spiro atoms. The highest BCUT2D eigenvalue weighted by Crippen LogP contribution is 2.41. The Morgan fingerprint density at radius 1 is 1.19 bits per heavy atom. The largest absolute Gasteiger partial charge is 0.368 e. The Morgan fingerprint density at radius 2 is 2.00 bits per heavy atom. The molecule has 26 heavy (non-hydrogen) atoms. The van der Waals surface area contributed by atoms with Gasteiger partial charge in [0.05, 0.1) is 16.3 Å². The normalized spacial score (nSPS) is 14.0. The Labute approximate surface area is 154 Å². The van der Waals surface area contributed by atoms with E-state index in [-0.39, 0.29) is 17.7 Å². The quantitative estimate of drug-likeness (QED) is 0.667. The lowest BCUT2D eigenvalue weighted by Crippen LogP contribution is -2.06. The maximum absolute atomic E-state index is 9.54. The fraction of sp³-hybridized carbons (Fsp3) is 0.167. The van der Waals surface area contributed by atoms with Crippen LogP contribution < -0.4 is 11.1 Å². The number of nitrogens with two attached hydrogens (primary N) is 1. The van der Waals surface area contributed by atoms with Crippen LogP contribution in [0.1, 0.15) is 35.3 Å². The first-order chi connectivity index (χ1) is 12.7. The summed E-state index contributed by atoms with van der Waals surface area (Å²) in [4.78, 5) is 17.1. The average Bonchev–Trinajstić information content (AvgIpc) is 3.39. The van der Waals surface area contributed by atoms with Gasteiger partial charge in [-0.05, 0) is 31.1 Å². The van der Waals surface area contributed by atoms with Crippen LogP contribution in [0.15, 0.2) is 35.7 Å². The number of aromatic nitrogens is 4. The molecule has 0 amide bonds. The molecule has 1 aliphatic rings. The molecule has 1 saturated carbocycles. The first kappa shape index (κ1) is 16.2. The van der Waals surface area contributed by atoms with E-state index in [2.05, 4.69) is 31.3 Å². The van der Waals surface area contributed by atoms with E-state index in [9.17, 15) is 5.26 Å². The second-order valence-electron chi connectivity index (χ2n) is 5.89. The molecule has 1 aliphatic carbocycles. The number of thiazole rings is 1. The lowest BCUT2D eigenvalue weighted by atomic mass is 10.2. The lowest BCUT2D eigenvalue weighted by Gasteiger charge is -2.06. The number of nitrogens with one attached hydrogen (secondary N) is 1. The van der Waals surface area contributed by atoms with Crippen LogP contribution in [0.4, 0.5) is 17.6 Å². The summed E-state index contributed by atoms with van der Waals surface area (Å²) in [6.45, 7) is 0. The molecule has 0 unspecified atom stereocenters.